The van der Waals surface area contributed by atoms with Crippen molar-refractivity contribution < 1.29 is 9.53 Å². The van der Waals surface area contributed by atoms with Gasteiger partial charge in [0.2, 0.25) is 5.91 Å². The number of nitrogens with zero attached hydrogens (tertiary/aromatic N) is 1. The quantitative estimate of drug-likeness (QED) is 0.887. The number of ether oxygens (including phenoxy) is 1. The third-order valence-electron chi connectivity index (χ3n) is 5.15. The van der Waals surface area contributed by atoms with Gasteiger partial charge in [-0.05, 0) is 42.2 Å². The molecule has 0 bridgehead atoms. The molecule has 3 rings (SSSR count). The average Bonchev–Trinajstić information content (AvgIpc) is 2.66. The highest BCUT2D eigenvalue weighted by atomic mass is 35.5. The van der Waals surface area contributed by atoms with Gasteiger partial charge in [0.1, 0.15) is 0 Å². The number of carbonyl (C=O) groups is 1. The Balaban J connectivity index is 0.00000225. The van der Waals surface area contributed by atoms with E-state index in [0.717, 1.165) is 18.4 Å². The molecule has 1 fully saturated rings. The number of carbonyl (C=O) groups excluding carboxylic acids is 1. The third kappa shape index (κ3) is 4.14. The molecule has 1 amide bonds. The lowest BCUT2D eigenvalue weighted by molar-refractivity contribution is -0.147. The van der Waals surface area contributed by atoms with E-state index >= 15 is 0 Å². The molecule has 4 nitrogen and oxygen atoms in total. The summed E-state index contributed by atoms with van der Waals surface area (Å²) in [5.74, 6) is 0.170. The van der Waals surface area contributed by atoms with Gasteiger partial charge >= 0.3 is 0 Å². The molecule has 0 aliphatic carbocycles. The lowest BCUT2D eigenvalue weighted by Crippen LogP contribution is -2.50. The molecule has 0 spiro atoms. The van der Waals surface area contributed by atoms with E-state index in [1.54, 1.807) is 0 Å². The van der Waals surface area contributed by atoms with Crippen molar-refractivity contribution in [3.8, 4) is 0 Å². The third-order valence-corrected chi connectivity index (χ3v) is 5.15. The highest BCUT2D eigenvalue weighted by molar-refractivity contribution is 5.85. The van der Waals surface area contributed by atoms with E-state index in [9.17, 15) is 4.79 Å². The number of hydrogen-bond donors (Lipinski definition) is 1. The highest BCUT2D eigenvalue weighted by Gasteiger charge is 2.41. The molecule has 0 saturated carbocycles. The molecule has 1 aliphatic rings. The smallest absolute Gasteiger partial charge is 0.230 e. The van der Waals surface area contributed by atoms with Crippen LogP contribution in [0.1, 0.15) is 25.3 Å². The van der Waals surface area contributed by atoms with Crippen molar-refractivity contribution in [1.29, 1.82) is 0 Å². The van der Waals surface area contributed by atoms with Crippen LogP contribution in [-0.2, 0) is 16.1 Å². The maximum atomic E-state index is 13.1. The number of benzene rings is 2. The number of fused-ring (bicyclic) bond motifs is 1. The van der Waals surface area contributed by atoms with E-state index in [0.29, 0.717) is 32.8 Å². The highest BCUT2D eigenvalue weighted by Crippen LogP contribution is 2.32. The van der Waals surface area contributed by atoms with Crippen LogP contribution in [0.4, 0.5) is 0 Å². The zero-order valence-electron chi connectivity index (χ0n) is 14.7. The van der Waals surface area contributed by atoms with Gasteiger partial charge in [-0.1, -0.05) is 36.4 Å². The van der Waals surface area contributed by atoms with Gasteiger partial charge in [0.05, 0.1) is 5.41 Å². The standard InChI is InChI=1S/C20H26N2O2.ClH/c1-2-22(19(23)20(15-21)9-11-24-12-10-20)14-16-7-8-17-5-3-4-6-18(17)13-16;/h3-8,13H,2,9-12,14-15,21H2,1H3;1H. The summed E-state index contributed by atoms with van der Waals surface area (Å²) in [5, 5.41) is 2.43. The predicted molar refractivity (Wildman–Crippen MR) is 104 cm³/mol. The van der Waals surface area contributed by atoms with Gasteiger partial charge in [-0.25, -0.2) is 0 Å². The molecule has 25 heavy (non-hydrogen) atoms. The summed E-state index contributed by atoms with van der Waals surface area (Å²) in [6.45, 7) is 4.98. The predicted octanol–water partition coefficient (Wildman–Crippen LogP) is 3.37. The first kappa shape index (κ1) is 19.7. The summed E-state index contributed by atoms with van der Waals surface area (Å²) in [6.07, 6.45) is 1.44. The van der Waals surface area contributed by atoms with Crippen molar-refractivity contribution in [3.05, 3.63) is 48.0 Å². The van der Waals surface area contributed by atoms with E-state index in [2.05, 4.69) is 30.3 Å². The Bertz CT molecular complexity index is 714. The van der Waals surface area contributed by atoms with Crippen LogP contribution in [0.5, 0.6) is 0 Å². The fourth-order valence-electron chi connectivity index (χ4n) is 3.49. The topological polar surface area (TPSA) is 55.6 Å². The summed E-state index contributed by atoms with van der Waals surface area (Å²) >= 11 is 0. The maximum absolute atomic E-state index is 13.1. The summed E-state index contributed by atoms with van der Waals surface area (Å²) in [6, 6.07) is 14.7. The number of hydrogen-bond acceptors (Lipinski definition) is 3. The molecule has 136 valence electrons. The molecule has 0 aromatic heterocycles. The molecular formula is C20H27ClN2O2. The monoisotopic (exact) mass is 362 g/mol. The summed E-state index contributed by atoms with van der Waals surface area (Å²) < 4.78 is 5.43. The lowest BCUT2D eigenvalue weighted by Gasteiger charge is -2.38. The first-order valence-electron chi connectivity index (χ1n) is 8.73. The molecular weight excluding hydrogens is 336 g/mol. The molecule has 0 radical (unpaired) electrons. The maximum Gasteiger partial charge on any atom is 0.230 e. The fraction of sp³-hybridized carbons (Fsp3) is 0.450. The second kappa shape index (κ2) is 8.65. The van der Waals surface area contributed by atoms with Crippen LogP contribution in [0, 0.1) is 5.41 Å². The summed E-state index contributed by atoms with van der Waals surface area (Å²) in [4.78, 5) is 15.1. The van der Waals surface area contributed by atoms with Crippen LogP contribution in [0.3, 0.4) is 0 Å². The largest absolute Gasteiger partial charge is 0.381 e. The first-order valence-corrected chi connectivity index (χ1v) is 8.73. The Morgan fingerprint density at radius 1 is 1.16 bits per heavy atom. The SMILES string of the molecule is CCN(Cc1ccc2ccccc2c1)C(=O)C1(CN)CCOCC1.Cl. The summed E-state index contributed by atoms with van der Waals surface area (Å²) in [7, 11) is 0. The van der Waals surface area contributed by atoms with Gasteiger partial charge in [0.15, 0.2) is 0 Å². The Hall–Kier alpha value is -1.62. The minimum Gasteiger partial charge on any atom is -0.381 e. The van der Waals surface area contributed by atoms with Crippen LogP contribution >= 0.6 is 12.4 Å². The Morgan fingerprint density at radius 2 is 1.84 bits per heavy atom. The van der Waals surface area contributed by atoms with Crippen LogP contribution in [0.2, 0.25) is 0 Å². The van der Waals surface area contributed by atoms with Crippen LogP contribution < -0.4 is 5.73 Å². The second-order valence-corrected chi connectivity index (χ2v) is 6.60. The van der Waals surface area contributed by atoms with Gasteiger partial charge in [0.25, 0.3) is 0 Å². The van der Waals surface area contributed by atoms with Gasteiger partial charge in [0, 0.05) is 32.8 Å². The van der Waals surface area contributed by atoms with Crippen molar-refractivity contribution >= 4 is 29.1 Å². The van der Waals surface area contributed by atoms with Crippen molar-refractivity contribution in [3.63, 3.8) is 0 Å². The molecule has 2 aromatic rings. The van der Waals surface area contributed by atoms with Crippen molar-refractivity contribution in [2.24, 2.45) is 11.1 Å². The molecule has 0 unspecified atom stereocenters. The molecule has 2 aromatic carbocycles. The van der Waals surface area contributed by atoms with Gasteiger partial charge in [-0.2, -0.15) is 0 Å². The normalized spacial score (nSPS) is 16.2. The Kier molecular flexibility index (Phi) is 6.82. The molecule has 1 heterocycles. The van der Waals surface area contributed by atoms with Crippen LogP contribution in [0.25, 0.3) is 10.8 Å². The first-order chi connectivity index (χ1) is 11.7. The average molecular weight is 363 g/mol. The Labute approximate surface area is 155 Å². The van der Waals surface area contributed by atoms with Crippen molar-refractivity contribution in [2.75, 3.05) is 26.3 Å². The van der Waals surface area contributed by atoms with E-state index < -0.39 is 5.41 Å². The zero-order valence-corrected chi connectivity index (χ0v) is 15.6. The van der Waals surface area contributed by atoms with Crippen molar-refractivity contribution in [1.82, 2.24) is 4.90 Å². The summed E-state index contributed by atoms with van der Waals surface area (Å²) in [5.41, 5.74) is 6.70. The number of halogens is 1. The Morgan fingerprint density at radius 3 is 2.48 bits per heavy atom. The van der Waals surface area contributed by atoms with E-state index in [1.807, 2.05) is 24.0 Å². The minimum atomic E-state index is -0.453. The van der Waals surface area contributed by atoms with Crippen molar-refractivity contribution in [2.45, 2.75) is 26.3 Å². The number of amides is 1. The van der Waals surface area contributed by atoms with E-state index in [4.69, 9.17) is 10.5 Å². The van der Waals surface area contributed by atoms with Crippen LogP contribution in [-0.4, -0.2) is 37.1 Å². The van der Waals surface area contributed by atoms with Gasteiger partial charge in [-0.3, -0.25) is 4.79 Å². The zero-order chi connectivity index (χ0) is 17.0. The molecule has 0 atom stereocenters. The fourth-order valence-corrected chi connectivity index (χ4v) is 3.49. The van der Waals surface area contributed by atoms with Crippen LogP contribution in [0.15, 0.2) is 42.5 Å². The number of nitrogens with two attached hydrogens (primary N) is 1. The minimum absolute atomic E-state index is 0. The van der Waals surface area contributed by atoms with E-state index in [1.165, 1.54) is 10.8 Å². The van der Waals surface area contributed by atoms with Gasteiger partial charge in [-0.15, -0.1) is 12.4 Å². The van der Waals surface area contributed by atoms with E-state index in [-0.39, 0.29) is 18.3 Å². The number of rotatable bonds is 5. The second-order valence-electron chi connectivity index (χ2n) is 6.60. The molecule has 1 saturated heterocycles. The lowest BCUT2D eigenvalue weighted by atomic mass is 9.78. The molecule has 1 aliphatic heterocycles. The molecule has 2 N–H and O–H groups in total. The molecule has 5 heteroatoms. The van der Waals surface area contributed by atoms with Gasteiger partial charge < -0.3 is 15.4 Å².